The molecule has 11 heavy (non-hydrogen) atoms. The molecule has 2 aliphatic rings. The summed E-state index contributed by atoms with van der Waals surface area (Å²) >= 11 is 0. The number of hydrogen-bond donors (Lipinski definition) is 1. The molecule has 0 bridgehead atoms. The molecule has 1 N–H and O–H groups in total. The topological polar surface area (TPSA) is 40.5 Å². The van der Waals surface area contributed by atoms with Crippen LogP contribution in [0.2, 0.25) is 0 Å². The first-order valence-electron chi connectivity index (χ1n) is 4.27. The number of piperidine rings is 1. The second-order valence-corrected chi connectivity index (χ2v) is 3.47. The first-order valence-corrected chi connectivity index (χ1v) is 4.27. The van der Waals surface area contributed by atoms with E-state index in [1.807, 2.05) is 0 Å². The number of hydrogen-bond acceptors (Lipinski definition) is 2. The van der Waals surface area contributed by atoms with Gasteiger partial charge in [-0.25, -0.2) is 0 Å². The lowest BCUT2D eigenvalue weighted by molar-refractivity contribution is -0.149. The standard InChI is InChI=1S/C8H13NO2/c10-8(11)7-3-1-2-6-4-5-9(6)7/h6-7H,1-5H2,(H,10,11). The lowest BCUT2D eigenvalue weighted by Gasteiger charge is -2.48. The van der Waals surface area contributed by atoms with Crippen molar-refractivity contribution in [3.8, 4) is 0 Å². The number of fused-ring (bicyclic) bond motifs is 1. The molecule has 2 heterocycles. The van der Waals surface area contributed by atoms with Crippen molar-refractivity contribution in [2.24, 2.45) is 0 Å². The van der Waals surface area contributed by atoms with E-state index < -0.39 is 5.97 Å². The quantitative estimate of drug-likeness (QED) is 0.606. The highest BCUT2D eigenvalue weighted by Gasteiger charge is 2.39. The van der Waals surface area contributed by atoms with E-state index in [0.29, 0.717) is 6.04 Å². The van der Waals surface area contributed by atoms with Gasteiger partial charge in [0, 0.05) is 12.6 Å². The molecule has 0 aromatic rings. The van der Waals surface area contributed by atoms with Crippen LogP contribution in [0.15, 0.2) is 0 Å². The molecular weight excluding hydrogens is 142 g/mol. The zero-order chi connectivity index (χ0) is 7.84. The molecule has 0 saturated carbocycles. The Morgan fingerprint density at radius 3 is 2.64 bits per heavy atom. The maximum Gasteiger partial charge on any atom is 0.320 e. The van der Waals surface area contributed by atoms with Crippen LogP contribution in [0.1, 0.15) is 25.7 Å². The fraction of sp³-hybridized carbons (Fsp3) is 0.875. The molecule has 0 aromatic carbocycles. The summed E-state index contributed by atoms with van der Waals surface area (Å²) in [5, 5.41) is 8.82. The van der Waals surface area contributed by atoms with Gasteiger partial charge in [-0.15, -0.1) is 0 Å². The first kappa shape index (κ1) is 7.10. The van der Waals surface area contributed by atoms with E-state index in [1.165, 1.54) is 12.8 Å². The Bertz CT molecular complexity index is 181. The van der Waals surface area contributed by atoms with Crippen molar-refractivity contribution in [2.45, 2.75) is 37.8 Å². The maximum absolute atomic E-state index is 10.7. The minimum atomic E-state index is -0.630. The monoisotopic (exact) mass is 155 g/mol. The molecule has 2 atom stereocenters. The molecule has 62 valence electrons. The lowest BCUT2D eigenvalue weighted by Crippen LogP contribution is -2.58. The number of aliphatic carboxylic acids is 1. The van der Waals surface area contributed by atoms with Crippen LogP contribution in [-0.4, -0.2) is 34.6 Å². The Morgan fingerprint density at radius 1 is 1.36 bits per heavy atom. The third-order valence-electron chi connectivity index (χ3n) is 2.89. The third kappa shape index (κ3) is 1.03. The molecule has 2 fully saturated rings. The summed E-state index contributed by atoms with van der Waals surface area (Å²) in [6.07, 6.45) is 4.37. The van der Waals surface area contributed by atoms with Gasteiger partial charge in [-0.3, -0.25) is 9.69 Å². The van der Waals surface area contributed by atoms with Crippen LogP contribution in [0.5, 0.6) is 0 Å². The second kappa shape index (κ2) is 2.48. The van der Waals surface area contributed by atoms with Crippen molar-refractivity contribution in [1.29, 1.82) is 0 Å². The molecule has 2 rings (SSSR count). The van der Waals surface area contributed by atoms with Crippen molar-refractivity contribution >= 4 is 5.97 Å². The molecule has 2 saturated heterocycles. The van der Waals surface area contributed by atoms with E-state index in [1.54, 1.807) is 0 Å². The summed E-state index contributed by atoms with van der Waals surface area (Å²) < 4.78 is 0. The fourth-order valence-corrected chi connectivity index (χ4v) is 2.16. The summed E-state index contributed by atoms with van der Waals surface area (Å²) in [5.74, 6) is -0.630. The predicted molar refractivity (Wildman–Crippen MR) is 40.4 cm³/mol. The number of rotatable bonds is 1. The largest absolute Gasteiger partial charge is 0.480 e. The van der Waals surface area contributed by atoms with Crippen LogP contribution in [0.3, 0.4) is 0 Å². The Labute approximate surface area is 66.0 Å². The summed E-state index contributed by atoms with van der Waals surface area (Å²) in [5.41, 5.74) is 0. The van der Waals surface area contributed by atoms with Crippen LogP contribution in [0.25, 0.3) is 0 Å². The number of carboxylic acids is 1. The van der Waals surface area contributed by atoms with Gasteiger partial charge in [0.2, 0.25) is 0 Å². The van der Waals surface area contributed by atoms with Crippen LogP contribution in [-0.2, 0) is 4.79 Å². The number of nitrogens with zero attached hydrogens (tertiary/aromatic N) is 1. The third-order valence-corrected chi connectivity index (χ3v) is 2.89. The minimum absolute atomic E-state index is 0.164. The molecule has 0 aliphatic carbocycles. The Morgan fingerprint density at radius 2 is 2.18 bits per heavy atom. The molecule has 0 aromatic heterocycles. The maximum atomic E-state index is 10.7. The van der Waals surface area contributed by atoms with Crippen molar-refractivity contribution < 1.29 is 9.90 Å². The van der Waals surface area contributed by atoms with E-state index in [9.17, 15) is 4.79 Å². The van der Waals surface area contributed by atoms with Gasteiger partial charge in [0.1, 0.15) is 6.04 Å². The normalized spacial score (nSPS) is 37.5. The van der Waals surface area contributed by atoms with Crippen LogP contribution < -0.4 is 0 Å². The predicted octanol–water partition coefficient (Wildman–Crippen LogP) is 0.698. The molecule has 0 radical (unpaired) electrons. The average molecular weight is 155 g/mol. The van der Waals surface area contributed by atoms with Gasteiger partial charge in [0.15, 0.2) is 0 Å². The molecular formula is C8H13NO2. The zero-order valence-corrected chi connectivity index (χ0v) is 6.49. The van der Waals surface area contributed by atoms with Gasteiger partial charge >= 0.3 is 5.97 Å². The van der Waals surface area contributed by atoms with E-state index in [2.05, 4.69) is 4.90 Å². The summed E-state index contributed by atoms with van der Waals surface area (Å²) in [7, 11) is 0. The Hall–Kier alpha value is -0.570. The fourth-order valence-electron chi connectivity index (χ4n) is 2.16. The highest BCUT2D eigenvalue weighted by Crippen LogP contribution is 2.31. The van der Waals surface area contributed by atoms with Crippen molar-refractivity contribution in [2.75, 3.05) is 6.54 Å². The summed E-state index contributed by atoms with van der Waals surface area (Å²) in [4.78, 5) is 12.8. The average Bonchev–Trinajstić information content (AvgIpc) is 1.90. The van der Waals surface area contributed by atoms with Crippen LogP contribution in [0.4, 0.5) is 0 Å². The molecule has 0 spiro atoms. The second-order valence-electron chi connectivity index (χ2n) is 3.47. The van der Waals surface area contributed by atoms with Gasteiger partial charge in [-0.2, -0.15) is 0 Å². The van der Waals surface area contributed by atoms with E-state index in [0.717, 1.165) is 19.4 Å². The van der Waals surface area contributed by atoms with E-state index in [-0.39, 0.29) is 6.04 Å². The van der Waals surface area contributed by atoms with Crippen molar-refractivity contribution in [3.05, 3.63) is 0 Å². The van der Waals surface area contributed by atoms with Gasteiger partial charge < -0.3 is 5.11 Å². The molecule has 2 aliphatic heterocycles. The highest BCUT2D eigenvalue weighted by atomic mass is 16.4. The molecule has 0 amide bonds. The molecule has 3 nitrogen and oxygen atoms in total. The molecule has 3 heteroatoms. The minimum Gasteiger partial charge on any atom is -0.480 e. The van der Waals surface area contributed by atoms with E-state index >= 15 is 0 Å². The molecule has 2 unspecified atom stereocenters. The van der Waals surface area contributed by atoms with E-state index in [4.69, 9.17) is 5.11 Å². The van der Waals surface area contributed by atoms with Gasteiger partial charge in [-0.05, 0) is 25.7 Å². The van der Waals surface area contributed by atoms with Gasteiger partial charge in [-0.1, -0.05) is 0 Å². The first-order chi connectivity index (χ1) is 5.29. The van der Waals surface area contributed by atoms with Crippen molar-refractivity contribution in [3.63, 3.8) is 0 Å². The smallest absolute Gasteiger partial charge is 0.320 e. The number of carbonyl (C=O) groups is 1. The number of carboxylic acid groups (broad SMARTS) is 1. The Balaban J connectivity index is 2.03. The van der Waals surface area contributed by atoms with Crippen LogP contribution in [0, 0.1) is 0 Å². The SMILES string of the molecule is O=C(O)C1CCCC2CCN21. The summed E-state index contributed by atoms with van der Waals surface area (Å²) in [6.45, 7) is 1.00. The van der Waals surface area contributed by atoms with Crippen molar-refractivity contribution in [1.82, 2.24) is 4.90 Å². The van der Waals surface area contributed by atoms with Gasteiger partial charge in [0.05, 0.1) is 0 Å². The summed E-state index contributed by atoms with van der Waals surface area (Å²) in [6, 6.07) is 0.437. The zero-order valence-electron chi connectivity index (χ0n) is 6.49. The van der Waals surface area contributed by atoms with Gasteiger partial charge in [0.25, 0.3) is 0 Å². The lowest BCUT2D eigenvalue weighted by atomic mass is 9.87. The Kier molecular flexibility index (Phi) is 1.60. The van der Waals surface area contributed by atoms with Crippen LogP contribution >= 0.6 is 0 Å². The highest BCUT2D eigenvalue weighted by molar-refractivity contribution is 5.73.